The van der Waals surface area contributed by atoms with Gasteiger partial charge in [-0.1, -0.05) is 0 Å². The largest absolute Gasteiger partial charge is 0.481 e. The van der Waals surface area contributed by atoms with Gasteiger partial charge in [-0.05, 0) is 41.5 Å². The summed E-state index contributed by atoms with van der Waals surface area (Å²) in [7, 11) is 0. The Morgan fingerprint density at radius 1 is 1.16 bits per heavy atom. The van der Waals surface area contributed by atoms with Crippen molar-refractivity contribution in [3.63, 3.8) is 0 Å². The van der Waals surface area contributed by atoms with Gasteiger partial charge in [0.1, 0.15) is 0 Å². The maximum absolute atomic E-state index is 12.4. The predicted molar refractivity (Wildman–Crippen MR) is 76.1 cm³/mol. The number of nitrogens with zero attached hydrogens (tertiary/aromatic N) is 2. The van der Waals surface area contributed by atoms with Crippen LogP contribution in [0.1, 0.15) is 48.0 Å². The molecule has 5 heteroatoms. The van der Waals surface area contributed by atoms with Crippen molar-refractivity contribution in [1.29, 1.82) is 0 Å². The van der Waals surface area contributed by atoms with E-state index in [0.29, 0.717) is 19.6 Å². The quantitative estimate of drug-likeness (QED) is 0.768. The van der Waals surface area contributed by atoms with Gasteiger partial charge >= 0.3 is 5.97 Å². The van der Waals surface area contributed by atoms with Crippen molar-refractivity contribution in [3.8, 4) is 0 Å². The van der Waals surface area contributed by atoms with Crippen LogP contribution in [0.25, 0.3) is 0 Å². The predicted octanol–water partition coefficient (Wildman–Crippen LogP) is 1.82. The Bertz CT molecular complexity index is 306. The molecule has 5 nitrogen and oxygen atoms in total. The summed E-state index contributed by atoms with van der Waals surface area (Å²) in [6.07, 6.45) is 0.0487. The number of rotatable bonds is 7. The molecule has 1 amide bonds. The number of carbonyl (C=O) groups is 2. The Balaban J connectivity index is 4.94. The Morgan fingerprint density at radius 3 is 1.95 bits per heavy atom. The maximum Gasteiger partial charge on any atom is 0.304 e. The van der Waals surface area contributed by atoms with Crippen molar-refractivity contribution in [3.05, 3.63) is 0 Å². The van der Waals surface area contributed by atoms with Crippen LogP contribution in [0.3, 0.4) is 0 Å². The second-order valence-corrected chi connectivity index (χ2v) is 5.69. The highest BCUT2D eigenvalue weighted by Crippen LogP contribution is 2.19. The number of hydrogen-bond acceptors (Lipinski definition) is 3. The third-order valence-corrected chi connectivity index (χ3v) is 3.33. The molecule has 1 N–H and O–H groups in total. The third-order valence-electron chi connectivity index (χ3n) is 3.33. The number of amides is 1. The summed E-state index contributed by atoms with van der Waals surface area (Å²) in [5.41, 5.74) is -0.238. The zero-order valence-corrected chi connectivity index (χ0v) is 13.1. The Kier molecular flexibility index (Phi) is 7.05. The average Bonchev–Trinajstić information content (AvgIpc) is 2.28. The Labute approximate surface area is 116 Å². The fourth-order valence-corrected chi connectivity index (χ4v) is 2.26. The summed E-state index contributed by atoms with van der Waals surface area (Å²) < 4.78 is 0. The summed E-state index contributed by atoms with van der Waals surface area (Å²) in [5, 5.41) is 8.83. The van der Waals surface area contributed by atoms with Gasteiger partial charge in [-0.15, -0.1) is 0 Å². The van der Waals surface area contributed by atoms with Crippen molar-refractivity contribution < 1.29 is 14.7 Å². The maximum atomic E-state index is 12.4. The van der Waals surface area contributed by atoms with E-state index in [-0.39, 0.29) is 23.9 Å². The topological polar surface area (TPSA) is 60.9 Å². The minimum atomic E-state index is -0.836. The van der Waals surface area contributed by atoms with E-state index in [4.69, 9.17) is 5.11 Å². The Morgan fingerprint density at radius 2 is 1.63 bits per heavy atom. The van der Waals surface area contributed by atoms with Gasteiger partial charge in [0.15, 0.2) is 0 Å². The molecule has 112 valence electrons. The number of aliphatic carboxylic acids is 1. The molecule has 0 saturated carbocycles. The highest BCUT2D eigenvalue weighted by molar-refractivity contribution is 5.81. The summed E-state index contributed by atoms with van der Waals surface area (Å²) >= 11 is 0. The molecule has 0 aromatic heterocycles. The number of carboxylic acids is 1. The second kappa shape index (κ2) is 7.48. The van der Waals surface area contributed by atoms with E-state index < -0.39 is 5.97 Å². The molecule has 0 bridgehead atoms. The van der Waals surface area contributed by atoms with Gasteiger partial charge < -0.3 is 10.0 Å². The summed E-state index contributed by atoms with van der Waals surface area (Å²) in [5.74, 6) is -0.776. The minimum absolute atomic E-state index is 0.0487. The van der Waals surface area contributed by atoms with Crippen LogP contribution in [0, 0.1) is 0 Å². The molecule has 0 aliphatic rings. The number of likely N-dealkylation sites (N-methyl/N-ethyl adjacent to an activating group) is 1. The molecule has 0 aromatic carbocycles. The smallest absolute Gasteiger partial charge is 0.304 e. The van der Waals surface area contributed by atoms with E-state index in [1.165, 1.54) is 0 Å². The van der Waals surface area contributed by atoms with Crippen LogP contribution in [0.2, 0.25) is 0 Å². The van der Waals surface area contributed by atoms with Gasteiger partial charge in [-0.2, -0.15) is 0 Å². The monoisotopic (exact) mass is 272 g/mol. The molecular weight excluding hydrogens is 244 g/mol. The van der Waals surface area contributed by atoms with Crippen LogP contribution in [0.15, 0.2) is 0 Å². The van der Waals surface area contributed by atoms with E-state index in [1.54, 1.807) is 4.90 Å². The molecule has 0 radical (unpaired) electrons. The molecule has 1 unspecified atom stereocenters. The molecule has 0 rings (SSSR count). The third kappa shape index (κ3) is 5.59. The molecule has 0 aliphatic heterocycles. The second-order valence-electron chi connectivity index (χ2n) is 5.69. The van der Waals surface area contributed by atoms with Crippen molar-refractivity contribution in [2.45, 2.75) is 59.5 Å². The highest BCUT2D eigenvalue weighted by atomic mass is 16.4. The van der Waals surface area contributed by atoms with E-state index in [0.717, 1.165) is 0 Å². The van der Waals surface area contributed by atoms with E-state index in [9.17, 15) is 9.59 Å². The summed E-state index contributed by atoms with van der Waals surface area (Å²) in [6.45, 7) is 13.5. The fourth-order valence-electron chi connectivity index (χ4n) is 2.26. The van der Waals surface area contributed by atoms with Gasteiger partial charge in [-0.25, -0.2) is 0 Å². The lowest BCUT2D eigenvalue weighted by molar-refractivity contribution is -0.142. The molecule has 19 heavy (non-hydrogen) atoms. The first-order valence-electron chi connectivity index (χ1n) is 6.92. The lowest BCUT2D eigenvalue weighted by atomic mass is 10.0. The average molecular weight is 272 g/mol. The SMILES string of the molecule is CCN(CC)C(=O)C(C)N(CCC(=O)O)C(C)(C)C. The molecule has 0 spiro atoms. The van der Waals surface area contributed by atoms with Gasteiger partial charge in [-0.3, -0.25) is 14.5 Å². The summed E-state index contributed by atoms with van der Waals surface area (Å²) in [6, 6.07) is -0.306. The van der Waals surface area contributed by atoms with E-state index in [1.807, 2.05) is 46.4 Å². The zero-order chi connectivity index (χ0) is 15.2. The number of carboxylic acid groups (broad SMARTS) is 1. The van der Waals surface area contributed by atoms with Gasteiger partial charge in [0.2, 0.25) is 5.91 Å². The van der Waals surface area contributed by atoms with Crippen molar-refractivity contribution >= 4 is 11.9 Å². The van der Waals surface area contributed by atoms with Crippen molar-refractivity contribution in [2.75, 3.05) is 19.6 Å². The number of hydrogen-bond donors (Lipinski definition) is 1. The standard InChI is InChI=1S/C14H28N2O3/c1-7-15(8-2)13(19)11(3)16(14(4,5)6)10-9-12(17)18/h11H,7-10H2,1-6H3,(H,17,18). The minimum Gasteiger partial charge on any atom is -0.481 e. The van der Waals surface area contributed by atoms with Crippen molar-refractivity contribution in [1.82, 2.24) is 9.80 Å². The molecule has 0 fully saturated rings. The van der Waals surface area contributed by atoms with Crippen LogP contribution >= 0.6 is 0 Å². The normalized spacial score (nSPS) is 13.4. The first kappa shape index (κ1) is 17.9. The van der Waals surface area contributed by atoms with E-state index in [2.05, 4.69) is 0 Å². The fraction of sp³-hybridized carbons (Fsp3) is 0.857. The van der Waals surface area contributed by atoms with Crippen LogP contribution < -0.4 is 0 Å². The van der Waals surface area contributed by atoms with Gasteiger partial charge in [0, 0.05) is 25.2 Å². The molecular formula is C14H28N2O3. The number of carbonyl (C=O) groups excluding carboxylic acids is 1. The van der Waals surface area contributed by atoms with Crippen LogP contribution in [-0.2, 0) is 9.59 Å². The lowest BCUT2D eigenvalue weighted by Crippen LogP contribution is -2.54. The van der Waals surface area contributed by atoms with Crippen LogP contribution in [0.4, 0.5) is 0 Å². The first-order chi connectivity index (χ1) is 8.65. The molecule has 0 heterocycles. The highest BCUT2D eigenvalue weighted by Gasteiger charge is 2.32. The van der Waals surface area contributed by atoms with E-state index >= 15 is 0 Å². The molecule has 0 aromatic rings. The summed E-state index contributed by atoms with van der Waals surface area (Å²) in [4.78, 5) is 26.9. The van der Waals surface area contributed by atoms with Gasteiger partial charge in [0.05, 0.1) is 12.5 Å². The first-order valence-corrected chi connectivity index (χ1v) is 6.92. The van der Waals surface area contributed by atoms with Crippen LogP contribution in [0.5, 0.6) is 0 Å². The zero-order valence-electron chi connectivity index (χ0n) is 13.1. The molecule has 0 saturated heterocycles. The Hall–Kier alpha value is -1.10. The molecule has 1 atom stereocenters. The van der Waals surface area contributed by atoms with Gasteiger partial charge in [0.25, 0.3) is 0 Å². The van der Waals surface area contributed by atoms with Crippen molar-refractivity contribution in [2.24, 2.45) is 0 Å². The molecule has 0 aliphatic carbocycles. The van der Waals surface area contributed by atoms with Crippen LogP contribution in [-0.4, -0.2) is 58.0 Å². The lowest BCUT2D eigenvalue weighted by Gasteiger charge is -2.40.